The van der Waals surface area contributed by atoms with Gasteiger partial charge in [-0.3, -0.25) is 4.79 Å². The van der Waals surface area contributed by atoms with Gasteiger partial charge in [0.05, 0.1) is 11.6 Å². The lowest BCUT2D eigenvalue weighted by Crippen LogP contribution is -2.37. The molecule has 7 nitrogen and oxygen atoms in total. The number of carbonyl (C=O) groups is 1. The summed E-state index contributed by atoms with van der Waals surface area (Å²) in [5.74, 6) is 1.10. The Bertz CT molecular complexity index is 979. The van der Waals surface area contributed by atoms with Gasteiger partial charge in [-0.1, -0.05) is 42.5 Å². The molecule has 3 atom stereocenters. The minimum atomic E-state index is -0.629. The number of rotatable bonds is 5. The summed E-state index contributed by atoms with van der Waals surface area (Å²) < 4.78 is 12.1. The fourth-order valence-corrected chi connectivity index (χ4v) is 4.03. The second-order valence-electron chi connectivity index (χ2n) is 7.12. The van der Waals surface area contributed by atoms with Gasteiger partial charge in [0.1, 0.15) is 11.8 Å². The molecule has 2 aliphatic rings. The molecule has 0 spiro atoms. The van der Waals surface area contributed by atoms with E-state index in [1.165, 1.54) is 11.9 Å². The van der Waals surface area contributed by atoms with Crippen LogP contribution < -0.4 is 15.6 Å². The second-order valence-corrected chi connectivity index (χ2v) is 8.03. The van der Waals surface area contributed by atoms with Crippen LogP contribution in [-0.4, -0.2) is 36.2 Å². The van der Waals surface area contributed by atoms with Crippen LogP contribution >= 0.6 is 15.9 Å². The molecule has 0 aromatic heterocycles. The number of hydrazone groups is 1. The fraction of sp³-hybridized carbons (Fsp3) is 0.273. The van der Waals surface area contributed by atoms with Crippen LogP contribution in [0.15, 0.2) is 64.2 Å². The van der Waals surface area contributed by atoms with Crippen molar-refractivity contribution >= 4 is 33.8 Å². The highest BCUT2D eigenvalue weighted by molar-refractivity contribution is 9.11. The van der Waals surface area contributed by atoms with E-state index >= 15 is 0 Å². The summed E-state index contributed by atoms with van der Waals surface area (Å²) in [6, 6.07) is 17.7. The van der Waals surface area contributed by atoms with Crippen molar-refractivity contribution in [3.63, 3.8) is 0 Å². The molecule has 0 bridgehead atoms. The fourth-order valence-electron chi connectivity index (χ4n) is 3.48. The first-order valence-corrected chi connectivity index (χ1v) is 10.5. The highest BCUT2D eigenvalue weighted by Crippen LogP contribution is 2.31. The van der Waals surface area contributed by atoms with Crippen molar-refractivity contribution in [3.8, 4) is 5.75 Å². The maximum absolute atomic E-state index is 12.2. The summed E-state index contributed by atoms with van der Waals surface area (Å²) in [6.07, 6.45) is 2.03. The largest absolute Gasteiger partial charge is 0.497 e. The van der Waals surface area contributed by atoms with Crippen LogP contribution in [0.3, 0.4) is 0 Å². The second kappa shape index (κ2) is 8.99. The third-order valence-electron chi connectivity index (χ3n) is 5.02. The van der Waals surface area contributed by atoms with Crippen molar-refractivity contribution in [2.45, 2.75) is 31.7 Å². The normalized spacial score (nSPS) is 23.8. The monoisotopic (exact) mass is 470 g/mol. The molecule has 0 aliphatic carbocycles. The van der Waals surface area contributed by atoms with Crippen LogP contribution in [0.5, 0.6) is 5.75 Å². The Kier molecular flexibility index (Phi) is 6.17. The molecule has 2 aromatic rings. The Labute approximate surface area is 183 Å². The molecule has 1 fully saturated rings. The number of methoxy groups -OCH3 is 1. The molecule has 0 radical (unpaired) electrons. The molecule has 8 heteroatoms. The zero-order valence-electron chi connectivity index (χ0n) is 16.7. The van der Waals surface area contributed by atoms with Crippen molar-refractivity contribution in [3.05, 3.63) is 70.2 Å². The average Bonchev–Trinajstić information content (AvgIpc) is 3.42. The summed E-state index contributed by atoms with van der Waals surface area (Å²) in [4.78, 5) is 12.2. The molecule has 156 valence electrons. The Hall–Kier alpha value is -2.68. The number of hydrogen-bond acceptors (Lipinski definition) is 6. The molecule has 1 saturated heterocycles. The van der Waals surface area contributed by atoms with Gasteiger partial charge in [-0.2, -0.15) is 5.01 Å². The topological polar surface area (TPSA) is 75.2 Å². The predicted molar refractivity (Wildman–Crippen MR) is 119 cm³/mol. The van der Waals surface area contributed by atoms with E-state index in [4.69, 9.17) is 9.47 Å². The first-order valence-electron chi connectivity index (χ1n) is 9.67. The standard InChI is InChI=1S/C22H23BrN4O3/c1-14(28)27-22(18(23)11-15-7-4-3-5-8-15)30-21(26-27)20-13-19(24-25-20)16-9-6-10-17(12-16)29-2/h3-12,19-20,22,24-25H,13H2,1-2H3/b18-11-. The van der Waals surface area contributed by atoms with E-state index < -0.39 is 6.23 Å². The van der Waals surface area contributed by atoms with Crippen LogP contribution in [0.2, 0.25) is 0 Å². The van der Waals surface area contributed by atoms with Gasteiger partial charge in [0.15, 0.2) is 0 Å². The van der Waals surface area contributed by atoms with Gasteiger partial charge < -0.3 is 9.47 Å². The lowest BCUT2D eigenvalue weighted by atomic mass is 10.0. The molecule has 2 N–H and O–H groups in total. The minimum absolute atomic E-state index is 0.0736. The number of hydrazine groups is 1. The zero-order chi connectivity index (χ0) is 21.1. The minimum Gasteiger partial charge on any atom is -0.497 e. The average molecular weight is 471 g/mol. The van der Waals surface area contributed by atoms with Crippen molar-refractivity contribution in [2.24, 2.45) is 5.10 Å². The summed E-state index contributed by atoms with van der Waals surface area (Å²) >= 11 is 3.57. The first kappa shape index (κ1) is 20.6. The first-order chi connectivity index (χ1) is 14.5. The van der Waals surface area contributed by atoms with Crippen molar-refractivity contribution in [2.75, 3.05) is 7.11 Å². The van der Waals surface area contributed by atoms with Gasteiger partial charge >= 0.3 is 0 Å². The number of benzene rings is 2. The van der Waals surface area contributed by atoms with Crippen LogP contribution in [0.4, 0.5) is 0 Å². The summed E-state index contributed by atoms with van der Waals surface area (Å²) in [5, 5.41) is 5.82. The van der Waals surface area contributed by atoms with Gasteiger partial charge in [0, 0.05) is 13.0 Å². The van der Waals surface area contributed by atoms with E-state index in [0.29, 0.717) is 5.90 Å². The molecular formula is C22H23BrN4O3. The molecular weight excluding hydrogens is 448 g/mol. The Morgan fingerprint density at radius 2 is 1.97 bits per heavy atom. The molecule has 1 amide bonds. The lowest BCUT2D eigenvalue weighted by molar-refractivity contribution is -0.133. The third kappa shape index (κ3) is 4.40. The molecule has 0 saturated carbocycles. The Morgan fingerprint density at radius 3 is 2.70 bits per heavy atom. The number of nitrogens with one attached hydrogen (secondary N) is 2. The van der Waals surface area contributed by atoms with Crippen LogP contribution in [0, 0.1) is 0 Å². The number of carbonyl (C=O) groups excluding carboxylic acids is 1. The highest BCUT2D eigenvalue weighted by Gasteiger charge is 2.39. The number of ether oxygens (including phenoxy) is 2. The summed E-state index contributed by atoms with van der Waals surface area (Å²) in [6.45, 7) is 1.48. The quantitative estimate of drug-likeness (QED) is 0.698. The van der Waals surface area contributed by atoms with E-state index in [1.807, 2.05) is 60.7 Å². The van der Waals surface area contributed by atoms with Crippen molar-refractivity contribution < 1.29 is 14.3 Å². The van der Waals surface area contributed by atoms with Gasteiger partial charge in [0.25, 0.3) is 0 Å². The summed E-state index contributed by atoms with van der Waals surface area (Å²) in [5.41, 5.74) is 8.62. The predicted octanol–water partition coefficient (Wildman–Crippen LogP) is 3.56. The molecule has 2 aromatic carbocycles. The van der Waals surface area contributed by atoms with E-state index in [1.54, 1.807) is 7.11 Å². The molecule has 2 heterocycles. The number of nitrogens with zero attached hydrogens (tertiary/aromatic N) is 2. The number of hydrogen-bond donors (Lipinski definition) is 2. The highest BCUT2D eigenvalue weighted by atomic mass is 79.9. The maximum Gasteiger partial charge on any atom is 0.243 e. The van der Waals surface area contributed by atoms with E-state index in [-0.39, 0.29) is 18.0 Å². The molecule has 30 heavy (non-hydrogen) atoms. The lowest BCUT2D eigenvalue weighted by Gasteiger charge is -2.19. The van der Waals surface area contributed by atoms with Crippen LogP contribution in [0.25, 0.3) is 6.08 Å². The van der Waals surface area contributed by atoms with Gasteiger partial charge in [0.2, 0.25) is 18.0 Å². The van der Waals surface area contributed by atoms with Crippen molar-refractivity contribution in [1.82, 2.24) is 15.9 Å². The van der Waals surface area contributed by atoms with E-state index in [2.05, 4.69) is 31.9 Å². The Morgan fingerprint density at radius 1 is 1.20 bits per heavy atom. The maximum atomic E-state index is 12.2. The smallest absolute Gasteiger partial charge is 0.243 e. The van der Waals surface area contributed by atoms with Gasteiger partial charge in [-0.05, 0) is 51.7 Å². The third-order valence-corrected chi connectivity index (χ3v) is 5.64. The van der Waals surface area contributed by atoms with Crippen molar-refractivity contribution in [1.29, 1.82) is 0 Å². The molecule has 4 rings (SSSR count). The SMILES string of the molecule is COc1cccc(C2CC(C3=NN(C(C)=O)C(/C(Br)=C/c4ccccc4)O3)NN2)c1. The summed E-state index contributed by atoms with van der Waals surface area (Å²) in [7, 11) is 1.65. The number of amides is 1. The van der Waals surface area contributed by atoms with E-state index in [9.17, 15) is 4.79 Å². The van der Waals surface area contributed by atoms with E-state index in [0.717, 1.165) is 27.8 Å². The van der Waals surface area contributed by atoms with Gasteiger partial charge in [-0.15, -0.1) is 5.10 Å². The van der Waals surface area contributed by atoms with Crippen LogP contribution in [0.1, 0.15) is 30.5 Å². The van der Waals surface area contributed by atoms with Gasteiger partial charge in [-0.25, -0.2) is 10.9 Å². The Balaban J connectivity index is 1.49. The number of halogens is 1. The molecule has 2 aliphatic heterocycles. The van der Waals surface area contributed by atoms with Crippen LogP contribution in [-0.2, 0) is 9.53 Å². The molecule has 3 unspecified atom stereocenters. The zero-order valence-corrected chi connectivity index (χ0v) is 18.3.